The van der Waals surface area contributed by atoms with Crippen molar-refractivity contribution in [1.82, 2.24) is 5.32 Å². The normalized spacial score (nSPS) is 12.3. The predicted octanol–water partition coefficient (Wildman–Crippen LogP) is 3.78. The molecule has 0 aliphatic carbocycles. The van der Waals surface area contributed by atoms with Crippen LogP contribution in [0.3, 0.4) is 0 Å². The van der Waals surface area contributed by atoms with Crippen LogP contribution in [0.4, 0.5) is 0 Å². The summed E-state index contributed by atoms with van der Waals surface area (Å²) in [6.45, 7) is 7.33. The van der Waals surface area contributed by atoms with Gasteiger partial charge in [-0.1, -0.05) is 63.2 Å². The standard InChI is InChI=1S/C30H35N3O7S/c1-18-6-12-23(25(14-18)39-17-19-7-9-20(10-8-19)27(31)32)22-13-11-21(15-24(22)29(36)40-41(5,37)38)28(35)33-26(16-34)30(2,3)4/h6-15,26,34H,16-17H2,1-5H3,(H3,31,32)(H,33,35)/t26-/m1/s1. The van der Waals surface area contributed by atoms with E-state index in [1.54, 1.807) is 36.4 Å². The maximum Gasteiger partial charge on any atom is 0.354 e. The van der Waals surface area contributed by atoms with Gasteiger partial charge in [-0.2, -0.15) is 8.42 Å². The highest BCUT2D eigenvalue weighted by atomic mass is 32.2. The van der Waals surface area contributed by atoms with E-state index >= 15 is 0 Å². The van der Waals surface area contributed by atoms with Crippen molar-refractivity contribution in [3.63, 3.8) is 0 Å². The van der Waals surface area contributed by atoms with E-state index in [4.69, 9.17) is 20.1 Å². The van der Waals surface area contributed by atoms with Gasteiger partial charge in [-0.15, -0.1) is 0 Å². The van der Waals surface area contributed by atoms with Gasteiger partial charge in [0.2, 0.25) is 0 Å². The average molecular weight is 582 g/mol. The van der Waals surface area contributed by atoms with Gasteiger partial charge in [0.25, 0.3) is 5.91 Å². The molecule has 0 bridgehead atoms. The summed E-state index contributed by atoms with van der Waals surface area (Å²) in [5.41, 5.74) is 8.05. The number of aliphatic hydroxyl groups is 1. The Balaban J connectivity index is 2.04. The van der Waals surface area contributed by atoms with Gasteiger partial charge in [0.15, 0.2) is 0 Å². The van der Waals surface area contributed by atoms with Crippen LogP contribution in [0.25, 0.3) is 11.1 Å². The van der Waals surface area contributed by atoms with Crippen LogP contribution in [-0.4, -0.2) is 50.1 Å². The molecule has 0 radical (unpaired) electrons. The molecule has 3 rings (SSSR count). The molecule has 11 heteroatoms. The lowest BCUT2D eigenvalue weighted by Crippen LogP contribution is -2.46. The number of ether oxygens (including phenoxy) is 1. The average Bonchev–Trinajstić information content (AvgIpc) is 2.88. The minimum absolute atomic E-state index is 0.0469. The first-order valence-electron chi connectivity index (χ1n) is 12.8. The fourth-order valence-electron chi connectivity index (χ4n) is 3.96. The summed E-state index contributed by atoms with van der Waals surface area (Å²) in [6.07, 6.45) is 0.758. The molecule has 3 aromatic rings. The van der Waals surface area contributed by atoms with Crippen molar-refractivity contribution < 1.29 is 32.0 Å². The zero-order valence-electron chi connectivity index (χ0n) is 23.6. The number of benzene rings is 3. The third-order valence-electron chi connectivity index (χ3n) is 6.35. The highest BCUT2D eigenvalue weighted by molar-refractivity contribution is 7.86. The molecule has 0 aromatic heterocycles. The van der Waals surface area contributed by atoms with Crippen LogP contribution in [-0.2, 0) is 20.9 Å². The summed E-state index contributed by atoms with van der Waals surface area (Å²) in [6, 6.07) is 16.0. The number of hydrogen-bond acceptors (Lipinski definition) is 8. The van der Waals surface area contributed by atoms with E-state index in [2.05, 4.69) is 5.32 Å². The van der Waals surface area contributed by atoms with Gasteiger partial charge in [-0.3, -0.25) is 10.2 Å². The highest BCUT2D eigenvalue weighted by Gasteiger charge is 2.27. The van der Waals surface area contributed by atoms with Crippen LogP contribution < -0.4 is 15.8 Å². The molecule has 0 saturated heterocycles. The molecule has 0 spiro atoms. The minimum atomic E-state index is -4.16. The maximum atomic E-state index is 13.1. The first kappa shape index (κ1) is 31.3. The number of carbonyl (C=O) groups excluding carboxylic acids is 2. The van der Waals surface area contributed by atoms with Crippen molar-refractivity contribution in [2.45, 2.75) is 40.3 Å². The van der Waals surface area contributed by atoms with E-state index in [-0.39, 0.29) is 30.2 Å². The van der Waals surface area contributed by atoms with Gasteiger partial charge in [0.1, 0.15) is 18.2 Å². The van der Waals surface area contributed by atoms with Crippen molar-refractivity contribution in [2.24, 2.45) is 11.1 Å². The molecule has 10 nitrogen and oxygen atoms in total. The Morgan fingerprint density at radius 1 is 1.00 bits per heavy atom. The van der Waals surface area contributed by atoms with Gasteiger partial charge >= 0.3 is 16.1 Å². The van der Waals surface area contributed by atoms with Crippen molar-refractivity contribution in [1.29, 1.82) is 5.41 Å². The molecule has 0 unspecified atom stereocenters. The Labute approximate surface area is 240 Å². The number of amides is 1. The molecule has 5 N–H and O–H groups in total. The Morgan fingerprint density at radius 3 is 2.17 bits per heavy atom. The van der Waals surface area contributed by atoms with E-state index in [1.807, 2.05) is 33.8 Å². The van der Waals surface area contributed by atoms with E-state index < -0.39 is 33.5 Å². The number of nitrogens with two attached hydrogens (primary N) is 1. The molecule has 218 valence electrons. The zero-order valence-corrected chi connectivity index (χ0v) is 24.5. The van der Waals surface area contributed by atoms with Gasteiger partial charge in [0.05, 0.1) is 24.5 Å². The number of nitrogens with one attached hydrogen (secondary N) is 2. The summed E-state index contributed by atoms with van der Waals surface area (Å²) >= 11 is 0. The van der Waals surface area contributed by atoms with Crippen LogP contribution in [0.5, 0.6) is 5.75 Å². The topological polar surface area (TPSA) is 169 Å². The SMILES string of the molecule is Cc1ccc(-c2ccc(C(=O)N[C@H](CO)C(C)(C)C)cc2C(=O)OS(C)(=O)=O)c(OCc2ccc(C(=N)N)cc2)c1. The number of hydrogen-bond donors (Lipinski definition) is 4. The van der Waals surface area contributed by atoms with Gasteiger partial charge in [-0.05, 0) is 47.2 Å². The molecular formula is C30H35N3O7S. The van der Waals surface area contributed by atoms with Gasteiger partial charge in [-0.25, -0.2) is 4.79 Å². The van der Waals surface area contributed by atoms with Crippen molar-refractivity contribution in [3.05, 3.63) is 88.5 Å². The predicted molar refractivity (Wildman–Crippen MR) is 156 cm³/mol. The highest BCUT2D eigenvalue weighted by Crippen LogP contribution is 2.35. The Bertz CT molecular complexity index is 1560. The summed E-state index contributed by atoms with van der Waals surface area (Å²) < 4.78 is 34.4. The molecule has 41 heavy (non-hydrogen) atoms. The molecule has 1 amide bonds. The van der Waals surface area contributed by atoms with Crippen molar-refractivity contribution in [2.75, 3.05) is 12.9 Å². The Morgan fingerprint density at radius 2 is 1.61 bits per heavy atom. The van der Waals surface area contributed by atoms with E-state index in [0.29, 0.717) is 22.4 Å². The third kappa shape index (κ3) is 8.38. The zero-order chi connectivity index (χ0) is 30.5. The van der Waals surface area contributed by atoms with E-state index in [0.717, 1.165) is 17.4 Å². The summed E-state index contributed by atoms with van der Waals surface area (Å²) in [7, 11) is -4.16. The van der Waals surface area contributed by atoms with E-state index in [9.17, 15) is 23.1 Å². The van der Waals surface area contributed by atoms with E-state index in [1.165, 1.54) is 18.2 Å². The number of amidine groups is 1. The van der Waals surface area contributed by atoms with Crippen molar-refractivity contribution >= 4 is 27.8 Å². The lowest BCUT2D eigenvalue weighted by Gasteiger charge is -2.29. The summed E-state index contributed by atoms with van der Waals surface area (Å²) in [5, 5.41) is 20.1. The first-order chi connectivity index (χ1) is 19.1. The second-order valence-electron chi connectivity index (χ2n) is 10.8. The van der Waals surface area contributed by atoms with Crippen molar-refractivity contribution in [3.8, 4) is 16.9 Å². The fraction of sp³-hybridized carbons (Fsp3) is 0.300. The van der Waals surface area contributed by atoms with Crippen LogP contribution in [0.2, 0.25) is 0 Å². The molecule has 0 fully saturated rings. The summed E-state index contributed by atoms with van der Waals surface area (Å²) in [4.78, 5) is 26.1. The Kier molecular flexibility index (Phi) is 9.57. The number of aliphatic hydroxyl groups excluding tert-OH is 1. The second kappa shape index (κ2) is 12.5. The number of rotatable bonds is 10. The maximum absolute atomic E-state index is 13.1. The lowest BCUT2D eigenvalue weighted by atomic mass is 9.87. The summed E-state index contributed by atoms with van der Waals surface area (Å²) in [5.74, 6) is -1.33. The Hall–Kier alpha value is -4.22. The van der Waals surface area contributed by atoms with Crippen LogP contribution in [0, 0.1) is 17.7 Å². The fourth-order valence-corrected chi connectivity index (χ4v) is 4.33. The largest absolute Gasteiger partial charge is 0.488 e. The monoisotopic (exact) mass is 581 g/mol. The molecule has 3 aromatic carbocycles. The first-order valence-corrected chi connectivity index (χ1v) is 14.6. The number of nitrogen functional groups attached to an aromatic ring is 1. The molecule has 1 atom stereocenters. The molecule has 0 saturated carbocycles. The molecular weight excluding hydrogens is 546 g/mol. The van der Waals surface area contributed by atoms with Crippen LogP contribution in [0.1, 0.15) is 58.2 Å². The molecule has 0 heterocycles. The lowest BCUT2D eigenvalue weighted by molar-refractivity contribution is 0.0749. The number of aryl methyl sites for hydroxylation is 1. The second-order valence-corrected chi connectivity index (χ2v) is 12.4. The molecule has 0 aliphatic rings. The van der Waals surface area contributed by atoms with Crippen LogP contribution in [0.15, 0.2) is 60.7 Å². The van der Waals surface area contributed by atoms with Gasteiger partial charge in [0, 0.05) is 16.7 Å². The van der Waals surface area contributed by atoms with Crippen LogP contribution >= 0.6 is 0 Å². The minimum Gasteiger partial charge on any atom is -0.488 e. The smallest absolute Gasteiger partial charge is 0.354 e. The molecule has 0 aliphatic heterocycles. The third-order valence-corrected chi connectivity index (χ3v) is 6.80. The number of carbonyl (C=O) groups is 2. The van der Waals surface area contributed by atoms with Gasteiger partial charge < -0.3 is 25.1 Å². The quantitative estimate of drug-likeness (QED) is 0.159.